The Labute approximate surface area is 110 Å². The molecule has 104 valence electrons. The van der Waals surface area contributed by atoms with Crippen molar-refractivity contribution in [3.8, 4) is 0 Å². The molecular weight excluding hydrogens is 228 g/mol. The van der Waals surface area contributed by atoms with Crippen molar-refractivity contribution in [3.63, 3.8) is 0 Å². The molecule has 0 spiro atoms. The van der Waals surface area contributed by atoms with E-state index >= 15 is 0 Å². The Morgan fingerprint density at radius 3 is 2.67 bits per heavy atom. The number of carbonyl (C=O) groups is 1. The summed E-state index contributed by atoms with van der Waals surface area (Å²) >= 11 is 0. The summed E-state index contributed by atoms with van der Waals surface area (Å²) in [6, 6.07) is 0.259. The maximum Gasteiger partial charge on any atom is 0.240 e. The predicted octanol–water partition coefficient (Wildman–Crippen LogP) is 1.75. The van der Waals surface area contributed by atoms with Crippen LogP contribution in [0, 0.1) is 5.92 Å². The van der Waals surface area contributed by atoms with E-state index in [1.165, 1.54) is 0 Å². The number of hydrogen-bond acceptors (Lipinski definition) is 3. The molecule has 3 atom stereocenters. The zero-order chi connectivity index (χ0) is 13.5. The van der Waals surface area contributed by atoms with Gasteiger partial charge in [-0.25, -0.2) is 0 Å². The monoisotopic (exact) mass is 254 g/mol. The second-order valence-electron chi connectivity index (χ2n) is 6.58. The normalized spacial score (nSPS) is 36.4. The molecule has 1 N–H and O–H groups in total. The van der Waals surface area contributed by atoms with Crippen LogP contribution >= 0.6 is 0 Å². The molecule has 3 unspecified atom stereocenters. The first kappa shape index (κ1) is 13.8. The molecule has 2 aliphatic rings. The predicted molar refractivity (Wildman–Crippen MR) is 71.1 cm³/mol. The number of nitrogens with one attached hydrogen (secondary N) is 1. The van der Waals surface area contributed by atoms with Gasteiger partial charge in [0, 0.05) is 12.6 Å². The van der Waals surface area contributed by atoms with Gasteiger partial charge in [-0.1, -0.05) is 13.8 Å². The van der Waals surface area contributed by atoms with E-state index in [4.69, 9.17) is 4.74 Å². The van der Waals surface area contributed by atoms with E-state index in [-0.39, 0.29) is 23.7 Å². The van der Waals surface area contributed by atoms with Crippen molar-refractivity contribution in [2.75, 3.05) is 6.61 Å². The third-order valence-corrected chi connectivity index (χ3v) is 4.04. The second-order valence-corrected chi connectivity index (χ2v) is 6.58. The van der Waals surface area contributed by atoms with Gasteiger partial charge in [-0.15, -0.1) is 0 Å². The van der Waals surface area contributed by atoms with Crippen LogP contribution in [0.5, 0.6) is 0 Å². The average molecular weight is 254 g/mol. The molecule has 2 saturated heterocycles. The van der Waals surface area contributed by atoms with Gasteiger partial charge in [0.05, 0.1) is 17.8 Å². The molecule has 0 aromatic heterocycles. The molecule has 0 radical (unpaired) electrons. The quantitative estimate of drug-likeness (QED) is 0.816. The van der Waals surface area contributed by atoms with Crippen LogP contribution in [0.4, 0.5) is 0 Å². The molecule has 18 heavy (non-hydrogen) atoms. The Hall–Kier alpha value is -0.610. The van der Waals surface area contributed by atoms with Crippen molar-refractivity contribution in [2.24, 2.45) is 5.92 Å². The summed E-state index contributed by atoms with van der Waals surface area (Å²) in [5.41, 5.74) is -0.115. The van der Waals surface area contributed by atoms with Crippen molar-refractivity contribution in [3.05, 3.63) is 0 Å². The molecule has 2 fully saturated rings. The van der Waals surface area contributed by atoms with E-state index in [0.717, 1.165) is 19.4 Å². The van der Waals surface area contributed by atoms with Crippen LogP contribution in [0.15, 0.2) is 0 Å². The maximum atomic E-state index is 12.4. The first-order valence-corrected chi connectivity index (χ1v) is 7.04. The van der Waals surface area contributed by atoms with Crippen LogP contribution < -0.4 is 5.32 Å². The minimum atomic E-state index is -0.115. The van der Waals surface area contributed by atoms with E-state index in [0.29, 0.717) is 12.0 Å². The van der Waals surface area contributed by atoms with Gasteiger partial charge >= 0.3 is 0 Å². The number of amides is 1. The lowest BCUT2D eigenvalue weighted by molar-refractivity contribution is -0.139. The van der Waals surface area contributed by atoms with Crippen molar-refractivity contribution < 1.29 is 9.53 Å². The van der Waals surface area contributed by atoms with Crippen LogP contribution in [-0.4, -0.2) is 41.3 Å². The molecule has 0 aromatic rings. The third kappa shape index (κ3) is 2.54. The average Bonchev–Trinajstić information content (AvgIpc) is 2.54. The number of rotatable bonds is 2. The maximum absolute atomic E-state index is 12.4. The standard InChI is InChI=1S/C14H26N2O2/c1-9(2)12-15-10(3)13(17)16(12)11-6-7-18-14(4,5)8-11/h9-12,15H,6-8H2,1-5H3. The second kappa shape index (κ2) is 4.82. The summed E-state index contributed by atoms with van der Waals surface area (Å²) in [5, 5.41) is 3.41. The zero-order valence-electron chi connectivity index (χ0n) is 12.2. The fourth-order valence-corrected chi connectivity index (χ4v) is 3.13. The molecular formula is C14H26N2O2. The van der Waals surface area contributed by atoms with Gasteiger partial charge in [-0.05, 0) is 39.5 Å². The minimum absolute atomic E-state index is 0.0524. The third-order valence-electron chi connectivity index (χ3n) is 4.04. The first-order chi connectivity index (χ1) is 8.32. The van der Waals surface area contributed by atoms with Crippen LogP contribution in [0.1, 0.15) is 47.5 Å². The molecule has 2 heterocycles. The fraction of sp³-hybridized carbons (Fsp3) is 0.929. The van der Waals surface area contributed by atoms with E-state index in [2.05, 4.69) is 37.9 Å². The molecule has 4 nitrogen and oxygen atoms in total. The summed E-state index contributed by atoms with van der Waals surface area (Å²) < 4.78 is 5.75. The number of nitrogens with zero attached hydrogens (tertiary/aromatic N) is 1. The summed E-state index contributed by atoms with van der Waals surface area (Å²) in [7, 11) is 0. The highest BCUT2D eigenvalue weighted by atomic mass is 16.5. The van der Waals surface area contributed by atoms with E-state index < -0.39 is 0 Å². The molecule has 0 aliphatic carbocycles. The summed E-state index contributed by atoms with van der Waals surface area (Å²) in [6.07, 6.45) is 2.05. The lowest BCUT2D eigenvalue weighted by Crippen LogP contribution is -2.52. The molecule has 1 amide bonds. The van der Waals surface area contributed by atoms with Gasteiger partial charge in [0.25, 0.3) is 0 Å². The Kier molecular flexibility index (Phi) is 3.70. The van der Waals surface area contributed by atoms with Crippen LogP contribution in [0.2, 0.25) is 0 Å². The largest absolute Gasteiger partial charge is 0.375 e. The highest BCUT2D eigenvalue weighted by Gasteiger charge is 2.44. The molecule has 0 aromatic carbocycles. The number of carbonyl (C=O) groups excluding carboxylic acids is 1. The summed E-state index contributed by atoms with van der Waals surface area (Å²) in [6.45, 7) is 11.3. The highest BCUT2D eigenvalue weighted by molar-refractivity contribution is 5.84. The van der Waals surface area contributed by atoms with Gasteiger partial charge < -0.3 is 9.64 Å². The molecule has 2 rings (SSSR count). The number of hydrogen-bond donors (Lipinski definition) is 1. The smallest absolute Gasteiger partial charge is 0.240 e. The number of ether oxygens (including phenoxy) is 1. The SMILES string of the molecule is CC1NC(C(C)C)N(C2CCOC(C)(C)C2)C1=O. The molecule has 0 saturated carbocycles. The van der Waals surface area contributed by atoms with E-state index in [1.807, 2.05) is 6.92 Å². The van der Waals surface area contributed by atoms with Gasteiger partial charge in [0.2, 0.25) is 5.91 Å². The van der Waals surface area contributed by atoms with Crippen molar-refractivity contribution in [2.45, 2.75) is 71.3 Å². The lowest BCUT2D eigenvalue weighted by atomic mass is 9.92. The van der Waals surface area contributed by atoms with Gasteiger partial charge in [0.15, 0.2) is 0 Å². The zero-order valence-corrected chi connectivity index (χ0v) is 12.2. The highest BCUT2D eigenvalue weighted by Crippen LogP contribution is 2.31. The van der Waals surface area contributed by atoms with E-state index in [1.54, 1.807) is 0 Å². The van der Waals surface area contributed by atoms with Gasteiger partial charge in [0.1, 0.15) is 0 Å². The Bertz CT molecular complexity index is 328. The van der Waals surface area contributed by atoms with Crippen molar-refractivity contribution in [1.29, 1.82) is 0 Å². The molecule has 0 bridgehead atoms. The Morgan fingerprint density at radius 1 is 1.44 bits per heavy atom. The van der Waals surface area contributed by atoms with Crippen LogP contribution in [0.25, 0.3) is 0 Å². The minimum Gasteiger partial charge on any atom is -0.375 e. The Morgan fingerprint density at radius 2 is 2.11 bits per heavy atom. The van der Waals surface area contributed by atoms with Crippen molar-refractivity contribution in [1.82, 2.24) is 10.2 Å². The van der Waals surface area contributed by atoms with Crippen LogP contribution in [0.3, 0.4) is 0 Å². The molecule has 4 heteroatoms. The van der Waals surface area contributed by atoms with Crippen molar-refractivity contribution >= 4 is 5.91 Å². The molecule has 2 aliphatic heterocycles. The fourth-order valence-electron chi connectivity index (χ4n) is 3.13. The van der Waals surface area contributed by atoms with Crippen LogP contribution in [-0.2, 0) is 9.53 Å². The van der Waals surface area contributed by atoms with E-state index in [9.17, 15) is 4.79 Å². The lowest BCUT2D eigenvalue weighted by Gasteiger charge is -2.42. The summed E-state index contributed by atoms with van der Waals surface area (Å²) in [4.78, 5) is 14.4. The first-order valence-electron chi connectivity index (χ1n) is 7.04. The Balaban J connectivity index is 2.16. The topological polar surface area (TPSA) is 41.6 Å². The summed E-state index contributed by atoms with van der Waals surface area (Å²) in [5.74, 6) is 0.682. The van der Waals surface area contributed by atoms with Gasteiger partial charge in [-0.2, -0.15) is 0 Å². The van der Waals surface area contributed by atoms with Gasteiger partial charge in [-0.3, -0.25) is 10.1 Å².